The zero-order valence-electron chi connectivity index (χ0n) is 15.8. The van der Waals surface area contributed by atoms with Gasteiger partial charge in [-0.15, -0.1) is 0 Å². The van der Waals surface area contributed by atoms with Gasteiger partial charge in [0, 0.05) is 11.2 Å². The third-order valence-electron chi connectivity index (χ3n) is 3.81. The van der Waals surface area contributed by atoms with Crippen molar-refractivity contribution in [3.63, 3.8) is 0 Å². The summed E-state index contributed by atoms with van der Waals surface area (Å²) >= 11 is 0. The standard InChI is InChI=1S/C19H31N3O2/c1-7-14(2)15-8-10-16(11-9-15)20-17(23)12-22(6)13-18(24)21-19(3,4)5/h8-11,14H,7,12-13H2,1-6H3,(H,20,23)(H,21,24)/p+1/t14-/m0/s1. The molecule has 5 nitrogen and oxygen atoms in total. The van der Waals surface area contributed by atoms with Gasteiger partial charge in [-0.1, -0.05) is 26.0 Å². The fraction of sp³-hybridized carbons (Fsp3) is 0.579. The van der Waals surface area contributed by atoms with Gasteiger partial charge in [0.2, 0.25) is 0 Å². The van der Waals surface area contributed by atoms with Crippen LogP contribution in [0.1, 0.15) is 52.5 Å². The first kappa shape index (κ1) is 20.2. The van der Waals surface area contributed by atoms with Crippen LogP contribution in [0.25, 0.3) is 0 Å². The number of anilines is 1. The van der Waals surface area contributed by atoms with E-state index in [1.807, 2.05) is 40.0 Å². The molecule has 1 aromatic carbocycles. The van der Waals surface area contributed by atoms with Crippen LogP contribution in [0.4, 0.5) is 5.69 Å². The Bertz CT molecular complexity index is 547. The van der Waals surface area contributed by atoms with Gasteiger partial charge in [-0.25, -0.2) is 0 Å². The lowest BCUT2D eigenvalue weighted by atomic mass is 9.99. The second kappa shape index (κ2) is 8.83. The number of quaternary nitrogens is 1. The number of hydrogen-bond donors (Lipinski definition) is 3. The van der Waals surface area contributed by atoms with Crippen molar-refractivity contribution in [3.05, 3.63) is 29.8 Å². The van der Waals surface area contributed by atoms with Crippen LogP contribution < -0.4 is 15.5 Å². The molecular weight excluding hydrogens is 302 g/mol. The van der Waals surface area contributed by atoms with Gasteiger partial charge in [0.25, 0.3) is 11.8 Å². The minimum Gasteiger partial charge on any atom is -0.347 e. The molecule has 0 aliphatic rings. The van der Waals surface area contributed by atoms with E-state index in [-0.39, 0.29) is 30.4 Å². The fourth-order valence-electron chi connectivity index (χ4n) is 2.41. The predicted molar refractivity (Wildman–Crippen MR) is 98.3 cm³/mol. The topological polar surface area (TPSA) is 62.6 Å². The van der Waals surface area contributed by atoms with E-state index in [1.54, 1.807) is 0 Å². The summed E-state index contributed by atoms with van der Waals surface area (Å²) in [6, 6.07) is 7.97. The van der Waals surface area contributed by atoms with Crippen LogP contribution in [-0.4, -0.2) is 37.5 Å². The highest BCUT2D eigenvalue weighted by molar-refractivity contribution is 5.91. The monoisotopic (exact) mass is 334 g/mol. The zero-order valence-corrected chi connectivity index (χ0v) is 15.8. The highest BCUT2D eigenvalue weighted by Gasteiger charge is 2.18. The zero-order chi connectivity index (χ0) is 18.3. The number of amides is 2. The molecule has 5 heteroatoms. The number of benzene rings is 1. The van der Waals surface area contributed by atoms with E-state index >= 15 is 0 Å². The third-order valence-corrected chi connectivity index (χ3v) is 3.81. The van der Waals surface area contributed by atoms with E-state index in [0.717, 1.165) is 17.0 Å². The number of likely N-dealkylation sites (N-methyl/N-ethyl adjacent to an activating group) is 1. The van der Waals surface area contributed by atoms with Crippen LogP contribution in [0.15, 0.2) is 24.3 Å². The average molecular weight is 334 g/mol. The number of carbonyl (C=O) groups excluding carboxylic acids is 2. The first-order chi connectivity index (χ1) is 11.1. The van der Waals surface area contributed by atoms with E-state index in [9.17, 15) is 9.59 Å². The van der Waals surface area contributed by atoms with Gasteiger partial charge in [-0.2, -0.15) is 0 Å². The van der Waals surface area contributed by atoms with Crippen molar-refractivity contribution in [2.24, 2.45) is 0 Å². The molecule has 3 N–H and O–H groups in total. The molecule has 0 bridgehead atoms. The van der Waals surface area contributed by atoms with Crippen LogP contribution >= 0.6 is 0 Å². The Balaban J connectivity index is 2.46. The van der Waals surface area contributed by atoms with E-state index < -0.39 is 0 Å². The van der Waals surface area contributed by atoms with E-state index in [4.69, 9.17) is 0 Å². The van der Waals surface area contributed by atoms with Gasteiger partial charge in [-0.3, -0.25) is 9.59 Å². The molecule has 24 heavy (non-hydrogen) atoms. The molecule has 1 aromatic rings. The first-order valence-electron chi connectivity index (χ1n) is 8.63. The Morgan fingerprint density at radius 2 is 1.62 bits per heavy atom. The van der Waals surface area contributed by atoms with Crippen LogP contribution in [0.3, 0.4) is 0 Å². The molecule has 0 spiro atoms. The Morgan fingerprint density at radius 3 is 2.12 bits per heavy atom. The molecule has 2 atom stereocenters. The van der Waals surface area contributed by atoms with Crippen molar-refractivity contribution in [1.29, 1.82) is 0 Å². The normalized spacial score (nSPS) is 13.9. The number of rotatable bonds is 7. The molecule has 0 heterocycles. The number of nitrogens with one attached hydrogen (secondary N) is 3. The molecule has 0 saturated heterocycles. The summed E-state index contributed by atoms with van der Waals surface area (Å²) in [5, 5.41) is 5.79. The summed E-state index contributed by atoms with van der Waals surface area (Å²) in [7, 11) is 1.84. The van der Waals surface area contributed by atoms with E-state index in [2.05, 4.69) is 36.6 Å². The van der Waals surface area contributed by atoms with Crippen LogP contribution in [-0.2, 0) is 9.59 Å². The lowest BCUT2D eigenvalue weighted by Gasteiger charge is -2.21. The van der Waals surface area contributed by atoms with Crippen LogP contribution in [0, 0.1) is 0 Å². The maximum absolute atomic E-state index is 12.1. The van der Waals surface area contributed by atoms with E-state index in [1.165, 1.54) is 5.56 Å². The maximum Gasteiger partial charge on any atom is 0.279 e. The molecule has 0 aliphatic carbocycles. The summed E-state index contributed by atoms with van der Waals surface area (Å²) in [5.41, 5.74) is 1.81. The summed E-state index contributed by atoms with van der Waals surface area (Å²) in [6.07, 6.45) is 1.09. The van der Waals surface area contributed by atoms with E-state index in [0.29, 0.717) is 5.92 Å². The second-order valence-corrected chi connectivity index (χ2v) is 7.59. The number of hydrogen-bond acceptors (Lipinski definition) is 2. The molecule has 0 radical (unpaired) electrons. The molecular formula is C19H32N3O2+. The third kappa shape index (κ3) is 7.59. The molecule has 0 aromatic heterocycles. The van der Waals surface area contributed by atoms with Crippen molar-refractivity contribution in [2.45, 2.75) is 52.5 Å². The fourth-order valence-corrected chi connectivity index (χ4v) is 2.41. The maximum atomic E-state index is 12.1. The molecule has 1 unspecified atom stereocenters. The van der Waals surface area contributed by atoms with Gasteiger partial charge in [0.15, 0.2) is 13.1 Å². The van der Waals surface area contributed by atoms with Gasteiger partial charge in [0.05, 0.1) is 7.05 Å². The highest BCUT2D eigenvalue weighted by atomic mass is 16.2. The van der Waals surface area contributed by atoms with Crippen molar-refractivity contribution in [3.8, 4) is 0 Å². The summed E-state index contributed by atoms with van der Waals surface area (Å²) in [4.78, 5) is 24.8. The predicted octanol–water partition coefficient (Wildman–Crippen LogP) is 1.57. The lowest BCUT2D eigenvalue weighted by Crippen LogP contribution is -3.11. The minimum absolute atomic E-state index is 0.0503. The van der Waals surface area contributed by atoms with Crippen LogP contribution in [0.2, 0.25) is 0 Å². The van der Waals surface area contributed by atoms with Crippen molar-refractivity contribution < 1.29 is 14.5 Å². The Labute approximate surface area is 145 Å². The lowest BCUT2D eigenvalue weighted by molar-refractivity contribution is -0.862. The SMILES string of the molecule is CC[C@H](C)c1ccc(NC(=O)C[NH+](C)CC(=O)NC(C)(C)C)cc1. The smallest absolute Gasteiger partial charge is 0.279 e. The highest BCUT2D eigenvalue weighted by Crippen LogP contribution is 2.20. The summed E-state index contributed by atoms with van der Waals surface area (Å²) in [5.74, 6) is 0.379. The molecule has 134 valence electrons. The van der Waals surface area contributed by atoms with Crippen molar-refractivity contribution in [1.82, 2.24) is 5.32 Å². The minimum atomic E-state index is -0.253. The van der Waals surface area contributed by atoms with Crippen molar-refractivity contribution in [2.75, 3.05) is 25.5 Å². The molecule has 0 saturated carbocycles. The molecule has 1 rings (SSSR count). The summed E-state index contributed by atoms with van der Waals surface area (Å²) < 4.78 is 0. The molecule has 0 fully saturated rings. The van der Waals surface area contributed by atoms with Gasteiger partial charge in [-0.05, 0) is 50.8 Å². The first-order valence-corrected chi connectivity index (χ1v) is 8.63. The molecule has 0 aliphatic heterocycles. The Morgan fingerprint density at radius 1 is 1.08 bits per heavy atom. The second-order valence-electron chi connectivity index (χ2n) is 7.59. The average Bonchev–Trinajstić information content (AvgIpc) is 2.44. The van der Waals surface area contributed by atoms with Gasteiger partial charge < -0.3 is 15.5 Å². The van der Waals surface area contributed by atoms with Crippen molar-refractivity contribution >= 4 is 17.5 Å². The Kier molecular flexibility index (Phi) is 7.42. The van der Waals surface area contributed by atoms with Gasteiger partial charge in [0.1, 0.15) is 0 Å². The quantitative estimate of drug-likeness (QED) is 0.709. The number of carbonyl (C=O) groups is 2. The van der Waals surface area contributed by atoms with Crippen LogP contribution in [0.5, 0.6) is 0 Å². The summed E-state index contributed by atoms with van der Waals surface area (Å²) in [6.45, 7) is 10.7. The van der Waals surface area contributed by atoms with Gasteiger partial charge >= 0.3 is 0 Å². The Hall–Kier alpha value is -1.88. The molecule has 2 amide bonds. The largest absolute Gasteiger partial charge is 0.347 e.